The van der Waals surface area contributed by atoms with E-state index < -0.39 is 0 Å². The zero-order valence-corrected chi connectivity index (χ0v) is 16.9. The second-order valence-electron chi connectivity index (χ2n) is 5.47. The number of halogens is 2. The van der Waals surface area contributed by atoms with Gasteiger partial charge in [0.05, 0.1) is 22.8 Å². The van der Waals surface area contributed by atoms with E-state index in [1.54, 1.807) is 12.4 Å². The number of hydrogen-bond acceptors (Lipinski definition) is 3. The van der Waals surface area contributed by atoms with Gasteiger partial charge in [0, 0.05) is 29.0 Å². The first kappa shape index (κ1) is 19.0. The molecule has 6 heteroatoms. The molecule has 0 radical (unpaired) electrons. The molecule has 0 aromatic heterocycles. The molecular formula is C18H18BrClN2OS. The molecule has 126 valence electrons. The van der Waals surface area contributed by atoms with Gasteiger partial charge in [0.1, 0.15) is 0 Å². The summed E-state index contributed by atoms with van der Waals surface area (Å²) in [6.07, 6.45) is 1.69. The summed E-state index contributed by atoms with van der Waals surface area (Å²) in [6.45, 7) is 1.90. The molecule has 24 heavy (non-hydrogen) atoms. The highest BCUT2D eigenvalue weighted by atomic mass is 79.9. The first-order valence-corrected chi connectivity index (χ1v) is 9.45. The predicted octanol–water partition coefficient (Wildman–Crippen LogP) is 5.61. The van der Waals surface area contributed by atoms with Crippen molar-refractivity contribution < 1.29 is 4.79 Å². The summed E-state index contributed by atoms with van der Waals surface area (Å²) in [4.78, 5) is 19.7. The van der Waals surface area contributed by atoms with Gasteiger partial charge in [-0.3, -0.25) is 4.79 Å². The molecule has 2 rings (SSSR count). The second-order valence-corrected chi connectivity index (χ2v) is 7.75. The Morgan fingerprint density at radius 2 is 2.04 bits per heavy atom. The lowest BCUT2D eigenvalue weighted by molar-refractivity contribution is 0.102. The lowest BCUT2D eigenvalue weighted by Gasteiger charge is -2.09. The largest absolute Gasteiger partial charge is 0.369 e. The quantitative estimate of drug-likeness (QED) is 0.261. The maximum atomic E-state index is 12.5. The molecule has 0 N–H and O–H groups in total. The average Bonchev–Trinajstić information content (AvgIpc) is 2.54. The number of nitrogens with zero attached hydrogens (tertiary/aromatic N) is 2. The summed E-state index contributed by atoms with van der Waals surface area (Å²) in [5.41, 5.74) is 2.18. The van der Waals surface area contributed by atoms with E-state index >= 15 is 0 Å². The Bertz CT molecular complexity index is 778. The van der Waals surface area contributed by atoms with Crippen LogP contribution in [0.1, 0.15) is 15.9 Å². The van der Waals surface area contributed by atoms with Gasteiger partial charge >= 0.3 is 0 Å². The maximum Gasteiger partial charge on any atom is 0.173 e. The predicted molar refractivity (Wildman–Crippen MR) is 107 cm³/mol. The van der Waals surface area contributed by atoms with E-state index in [0.717, 1.165) is 14.9 Å². The van der Waals surface area contributed by atoms with Crippen molar-refractivity contribution in [2.45, 2.75) is 11.8 Å². The summed E-state index contributed by atoms with van der Waals surface area (Å²) >= 11 is 11.3. The average molecular weight is 426 g/mol. The van der Waals surface area contributed by atoms with Crippen LogP contribution in [0.4, 0.5) is 5.69 Å². The van der Waals surface area contributed by atoms with E-state index in [4.69, 9.17) is 11.6 Å². The van der Waals surface area contributed by atoms with Crippen LogP contribution in [0.15, 0.2) is 50.8 Å². The number of hydrogen-bond donors (Lipinski definition) is 0. The van der Waals surface area contributed by atoms with Crippen molar-refractivity contribution >= 4 is 57.1 Å². The van der Waals surface area contributed by atoms with E-state index in [9.17, 15) is 4.79 Å². The Balaban J connectivity index is 2.15. The van der Waals surface area contributed by atoms with Crippen LogP contribution < -0.4 is 0 Å². The van der Waals surface area contributed by atoms with Crippen molar-refractivity contribution in [2.75, 3.05) is 19.8 Å². The van der Waals surface area contributed by atoms with Crippen molar-refractivity contribution in [3.63, 3.8) is 0 Å². The van der Waals surface area contributed by atoms with Crippen LogP contribution in [0, 0.1) is 6.92 Å². The molecule has 0 atom stereocenters. The van der Waals surface area contributed by atoms with E-state index in [2.05, 4.69) is 20.9 Å². The molecule has 2 aromatic rings. The van der Waals surface area contributed by atoms with Crippen molar-refractivity contribution in [3.8, 4) is 0 Å². The molecule has 0 aliphatic heterocycles. The highest BCUT2D eigenvalue weighted by molar-refractivity contribution is 9.10. The Morgan fingerprint density at radius 1 is 1.33 bits per heavy atom. The number of aliphatic imine (C=N–C) groups is 1. The van der Waals surface area contributed by atoms with Crippen molar-refractivity contribution in [1.29, 1.82) is 0 Å². The third-order valence-corrected chi connectivity index (χ3v) is 5.55. The third-order valence-electron chi connectivity index (χ3n) is 3.22. The highest BCUT2D eigenvalue weighted by Crippen LogP contribution is 2.31. The summed E-state index contributed by atoms with van der Waals surface area (Å²) in [6, 6.07) is 11.4. The Hall–Kier alpha value is -1.30. The maximum absolute atomic E-state index is 12.5. The molecule has 0 aliphatic rings. The van der Waals surface area contributed by atoms with Crippen LogP contribution >= 0.6 is 39.3 Å². The summed E-state index contributed by atoms with van der Waals surface area (Å²) < 4.78 is 0.992. The number of aryl methyl sites for hydroxylation is 1. The zero-order chi connectivity index (χ0) is 17.7. The highest BCUT2D eigenvalue weighted by Gasteiger charge is 2.13. The fourth-order valence-electron chi connectivity index (χ4n) is 2.03. The van der Waals surface area contributed by atoms with Gasteiger partial charge in [-0.15, -0.1) is 11.8 Å². The van der Waals surface area contributed by atoms with Crippen LogP contribution in [-0.4, -0.2) is 36.9 Å². The van der Waals surface area contributed by atoms with E-state index in [1.807, 2.05) is 56.3 Å². The Labute approximate surface area is 160 Å². The van der Waals surface area contributed by atoms with Crippen LogP contribution in [0.25, 0.3) is 0 Å². The molecule has 2 aromatic carbocycles. The molecule has 0 saturated carbocycles. The monoisotopic (exact) mass is 424 g/mol. The number of thioether (sulfide) groups is 1. The molecule has 0 fully saturated rings. The molecular weight excluding hydrogens is 408 g/mol. The number of Topliss-reactive ketones (excluding diaryl/α,β-unsaturated/α-hetero) is 1. The number of carbonyl (C=O) groups excluding carboxylic acids is 1. The number of rotatable bonds is 6. The van der Waals surface area contributed by atoms with Gasteiger partial charge < -0.3 is 4.90 Å². The van der Waals surface area contributed by atoms with Gasteiger partial charge in [0.2, 0.25) is 0 Å². The second kappa shape index (κ2) is 8.70. The fourth-order valence-corrected chi connectivity index (χ4v) is 3.69. The van der Waals surface area contributed by atoms with Crippen molar-refractivity contribution in [2.24, 2.45) is 4.99 Å². The smallest absolute Gasteiger partial charge is 0.173 e. The van der Waals surface area contributed by atoms with E-state index in [0.29, 0.717) is 22.0 Å². The first-order valence-electron chi connectivity index (χ1n) is 7.29. The topological polar surface area (TPSA) is 32.7 Å². The van der Waals surface area contributed by atoms with Crippen molar-refractivity contribution in [1.82, 2.24) is 4.90 Å². The van der Waals surface area contributed by atoms with Gasteiger partial charge in [-0.05, 0) is 52.7 Å². The molecule has 0 unspecified atom stereocenters. The summed E-state index contributed by atoms with van der Waals surface area (Å²) in [5.74, 6) is 0.415. The summed E-state index contributed by atoms with van der Waals surface area (Å²) in [7, 11) is 3.78. The van der Waals surface area contributed by atoms with Crippen LogP contribution in [-0.2, 0) is 0 Å². The van der Waals surface area contributed by atoms with Gasteiger partial charge in [-0.2, -0.15) is 0 Å². The molecule has 0 spiro atoms. The number of ketones is 1. The minimum atomic E-state index is 0.0540. The third kappa shape index (κ3) is 5.10. The standard InChI is InChI=1S/C18H18BrClN2OS/c1-12-8-16(21-11-22(2)3)15(20)9-13(12)17(23)10-24-18-7-5-4-6-14(18)19/h4-9,11H,10H2,1-3H3. The first-order chi connectivity index (χ1) is 11.4. The van der Waals surface area contributed by atoms with Crippen LogP contribution in [0.3, 0.4) is 0 Å². The van der Waals surface area contributed by atoms with Gasteiger partial charge in [-0.25, -0.2) is 4.99 Å². The minimum Gasteiger partial charge on any atom is -0.369 e. The van der Waals surface area contributed by atoms with Gasteiger partial charge in [0.25, 0.3) is 0 Å². The minimum absolute atomic E-state index is 0.0540. The molecule has 0 saturated heterocycles. The van der Waals surface area contributed by atoms with Gasteiger partial charge in [0.15, 0.2) is 5.78 Å². The molecule has 0 heterocycles. The van der Waals surface area contributed by atoms with Crippen LogP contribution in [0.2, 0.25) is 5.02 Å². The SMILES string of the molecule is Cc1cc(N=CN(C)C)c(Cl)cc1C(=O)CSc1ccccc1Br. The van der Waals surface area contributed by atoms with Crippen LogP contribution in [0.5, 0.6) is 0 Å². The van der Waals surface area contributed by atoms with E-state index in [1.165, 1.54) is 11.8 Å². The van der Waals surface area contributed by atoms with Gasteiger partial charge in [-0.1, -0.05) is 23.7 Å². The fraction of sp³-hybridized carbons (Fsp3) is 0.222. The zero-order valence-electron chi connectivity index (χ0n) is 13.7. The molecule has 0 amide bonds. The number of benzene rings is 2. The summed E-state index contributed by atoms with van der Waals surface area (Å²) in [5, 5.41) is 0.480. The normalized spacial score (nSPS) is 11.0. The lowest BCUT2D eigenvalue weighted by atomic mass is 10.0. The Kier molecular flexibility index (Phi) is 6.90. The molecule has 0 bridgehead atoms. The lowest BCUT2D eigenvalue weighted by Crippen LogP contribution is -2.07. The Morgan fingerprint density at radius 3 is 2.71 bits per heavy atom. The number of carbonyl (C=O) groups is 1. The van der Waals surface area contributed by atoms with E-state index in [-0.39, 0.29) is 5.78 Å². The molecule has 3 nitrogen and oxygen atoms in total. The molecule has 0 aliphatic carbocycles. The van der Waals surface area contributed by atoms with Crippen molar-refractivity contribution in [3.05, 3.63) is 57.0 Å².